The molecule has 0 amide bonds. The van der Waals surface area contributed by atoms with Gasteiger partial charge in [0.1, 0.15) is 0 Å². The van der Waals surface area contributed by atoms with Crippen LogP contribution < -0.4 is 0 Å². The molecule has 0 N–H and O–H groups in total. The van der Waals surface area contributed by atoms with E-state index in [1.807, 2.05) is 0 Å². The lowest BCUT2D eigenvalue weighted by molar-refractivity contribution is -0.742. The van der Waals surface area contributed by atoms with Gasteiger partial charge in [0.25, 0.3) is 0 Å². The van der Waals surface area contributed by atoms with E-state index >= 15 is 0 Å². The van der Waals surface area contributed by atoms with Crippen LogP contribution in [-0.4, -0.2) is 72.2 Å². The lowest BCUT2D eigenvalue weighted by Crippen LogP contribution is -2.44. The van der Waals surface area contributed by atoms with Crippen molar-refractivity contribution in [2.45, 2.75) is 12.3 Å². The van der Waals surface area contributed by atoms with Gasteiger partial charge in [-0.25, -0.2) is 19.0 Å². The minimum Gasteiger partial charge on any atom is -0.223 e. The van der Waals surface area contributed by atoms with Crippen molar-refractivity contribution in [1.29, 1.82) is 0 Å². The lowest BCUT2D eigenvalue weighted by atomic mass is 10.3. The molecule has 0 bridgehead atoms. The number of likely N-dealkylation sites (N-methyl/N-ethyl adjacent to an activating group) is 4. The lowest BCUT2D eigenvalue weighted by Gasteiger charge is -2.13. The van der Waals surface area contributed by atoms with Crippen LogP contribution in [0.15, 0.2) is 0 Å². The fourth-order valence-electron chi connectivity index (χ4n) is 2.26. The van der Waals surface area contributed by atoms with E-state index in [9.17, 15) is 0 Å². The molecule has 0 aliphatic carbocycles. The standard InChI is InChI=1S/C8H16N4/c1-9-5-10(2)8-7(9)11(3)6-12(8)4/h5-8H,1-4H3/q+2. The van der Waals surface area contributed by atoms with Gasteiger partial charge in [-0.2, -0.15) is 0 Å². The zero-order valence-corrected chi connectivity index (χ0v) is 8.10. The van der Waals surface area contributed by atoms with E-state index in [-0.39, 0.29) is 0 Å². The first-order valence-corrected chi connectivity index (χ1v) is 4.19. The topological polar surface area (TPSA) is 12.5 Å². The predicted octanol–water partition coefficient (Wildman–Crippen LogP) is -1.13. The van der Waals surface area contributed by atoms with Gasteiger partial charge < -0.3 is 0 Å². The Morgan fingerprint density at radius 3 is 1.75 bits per heavy atom. The molecule has 2 heterocycles. The summed E-state index contributed by atoms with van der Waals surface area (Å²) in [6, 6.07) is 0. The molecule has 0 radical (unpaired) electrons. The summed E-state index contributed by atoms with van der Waals surface area (Å²) in [7, 11) is 8.46. The number of rotatable bonds is 0. The Balaban J connectivity index is 2.34. The Bertz CT molecular complexity index is 242. The summed E-state index contributed by atoms with van der Waals surface area (Å²) in [5, 5.41) is 0. The van der Waals surface area contributed by atoms with Gasteiger partial charge >= 0.3 is 12.3 Å². The Kier molecular flexibility index (Phi) is 1.40. The Labute approximate surface area is 73.0 Å². The average molecular weight is 168 g/mol. The van der Waals surface area contributed by atoms with Gasteiger partial charge in [0.15, 0.2) is 0 Å². The summed E-state index contributed by atoms with van der Waals surface area (Å²) >= 11 is 0. The van der Waals surface area contributed by atoms with Gasteiger partial charge in [-0.3, -0.25) is 0 Å². The molecule has 0 spiro atoms. The Morgan fingerprint density at radius 1 is 1.00 bits per heavy atom. The van der Waals surface area contributed by atoms with Crippen LogP contribution in [0.2, 0.25) is 0 Å². The Hall–Kier alpha value is -1.06. The van der Waals surface area contributed by atoms with Crippen molar-refractivity contribution < 1.29 is 9.15 Å². The third kappa shape index (κ3) is 0.777. The molecule has 0 unspecified atom stereocenters. The number of nitrogens with zero attached hydrogens (tertiary/aromatic N) is 4. The van der Waals surface area contributed by atoms with Gasteiger partial charge in [0, 0.05) is 0 Å². The maximum absolute atomic E-state index is 2.24. The molecule has 2 aliphatic rings. The normalized spacial score (nSPS) is 33.7. The third-order valence-electron chi connectivity index (χ3n) is 2.66. The fraction of sp³-hybridized carbons (Fsp3) is 0.750. The van der Waals surface area contributed by atoms with Crippen LogP contribution in [0, 0.1) is 0 Å². The summed E-state index contributed by atoms with van der Waals surface area (Å²) in [5.41, 5.74) is 0. The van der Waals surface area contributed by atoms with Crippen molar-refractivity contribution >= 4 is 12.7 Å². The highest BCUT2D eigenvalue weighted by Crippen LogP contribution is 2.17. The van der Waals surface area contributed by atoms with Gasteiger partial charge in [-0.15, -0.1) is 0 Å². The number of hydrogen-bond acceptors (Lipinski definition) is 2. The molecule has 0 atom stereocenters. The second-order valence-corrected chi connectivity index (χ2v) is 3.72. The summed E-state index contributed by atoms with van der Waals surface area (Å²) in [4.78, 5) is 4.48. The summed E-state index contributed by atoms with van der Waals surface area (Å²) in [6.07, 6.45) is 5.24. The van der Waals surface area contributed by atoms with Crippen LogP contribution in [0.25, 0.3) is 0 Å². The van der Waals surface area contributed by atoms with E-state index in [0.29, 0.717) is 12.3 Å². The van der Waals surface area contributed by atoms with Gasteiger partial charge in [-0.1, -0.05) is 0 Å². The molecule has 0 saturated heterocycles. The highest BCUT2D eigenvalue weighted by Gasteiger charge is 2.52. The smallest absolute Gasteiger partial charge is 0.223 e. The average Bonchev–Trinajstić information content (AvgIpc) is 2.38. The minimum atomic E-state index is 0.472. The van der Waals surface area contributed by atoms with Crippen molar-refractivity contribution in [3.05, 3.63) is 0 Å². The van der Waals surface area contributed by atoms with Gasteiger partial charge in [-0.05, 0) is 0 Å². The van der Waals surface area contributed by atoms with Crippen molar-refractivity contribution in [2.24, 2.45) is 0 Å². The van der Waals surface area contributed by atoms with E-state index in [1.54, 1.807) is 0 Å². The summed E-state index contributed by atoms with van der Waals surface area (Å²) < 4.78 is 4.48. The highest BCUT2D eigenvalue weighted by atomic mass is 15.5. The SMILES string of the molecule is CN1C=[N+](C)C2C1N(C)C=[N+]2C. The van der Waals surface area contributed by atoms with Crippen LogP contribution in [0.1, 0.15) is 0 Å². The van der Waals surface area contributed by atoms with Crippen molar-refractivity contribution in [3.63, 3.8) is 0 Å². The maximum Gasteiger partial charge on any atom is 0.315 e. The molecule has 66 valence electrons. The first-order chi connectivity index (χ1) is 5.61. The van der Waals surface area contributed by atoms with Crippen LogP contribution in [0.4, 0.5) is 0 Å². The second kappa shape index (κ2) is 2.21. The zero-order chi connectivity index (χ0) is 8.88. The van der Waals surface area contributed by atoms with Crippen LogP contribution in [-0.2, 0) is 0 Å². The molecule has 4 nitrogen and oxygen atoms in total. The molecular formula is C8H16N4+2. The van der Waals surface area contributed by atoms with Crippen LogP contribution in [0.3, 0.4) is 0 Å². The van der Waals surface area contributed by atoms with E-state index in [1.165, 1.54) is 0 Å². The van der Waals surface area contributed by atoms with E-state index in [2.05, 4.69) is 59.8 Å². The van der Waals surface area contributed by atoms with E-state index in [4.69, 9.17) is 0 Å². The fourth-order valence-corrected chi connectivity index (χ4v) is 2.26. The number of hydrogen-bond donors (Lipinski definition) is 0. The van der Waals surface area contributed by atoms with E-state index in [0.717, 1.165) is 0 Å². The summed E-state index contributed by atoms with van der Waals surface area (Å²) in [6.45, 7) is 0. The van der Waals surface area contributed by atoms with Crippen molar-refractivity contribution in [3.8, 4) is 0 Å². The summed E-state index contributed by atoms with van der Waals surface area (Å²) in [5.74, 6) is 0. The first kappa shape index (κ1) is 7.58. The molecule has 0 fully saturated rings. The van der Waals surface area contributed by atoms with Gasteiger partial charge in [0.05, 0.1) is 28.2 Å². The van der Waals surface area contributed by atoms with Crippen molar-refractivity contribution in [1.82, 2.24) is 9.80 Å². The van der Waals surface area contributed by atoms with E-state index < -0.39 is 0 Å². The Morgan fingerprint density at radius 2 is 1.42 bits per heavy atom. The molecular weight excluding hydrogens is 152 g/mol. The molecule has 12 heavy (non-hydrogen) atoms. The quantitative estimate of drug-likeness (QED) is 0.424. The monoisotopic (exact) mass is 168 g/mol. The molecule has 4 heteroatoms. The molecule has 0 aromatic rings. The van der Waals surface area contributed by atoms with Crippen molar-refractivity contribution in [2.75, 3.05) is 28.2 Å². The molecule has 0 saturated carbocycles. The highest BCUT2D eigenvalue weighted by molar-refractivity contribution is 5.57. The molecule has 2 aliphatic heterocycles. The first-order valence-electron chi connectivity index (χ1n) is 4.19. The predicted molar refractivity (Wildman–Crippen MR) is 47.6 cm³/mol. The van der Waals surface area contributed by atoms with Crippen LogP contribution in [0.5, 0.6) is 0 Å². The van der Waals surface area contributed by atoms with Crippen LogP contribution >= 0.6 is 0 Å². The van der Waals surface area contributed by atoms with Gasteiger partial charge in [0.2, 0.25) is 12.7 Å². The molecule has 0 aromatic carbocycles. The molecule has 2 rings (SSSR count). The minimum absolute atomic E-state index is 0.472. The second-order valence-electron chi connectivity index (χ2n) is 3.72. The zero-order valence-electron chi connectivity index (χ0n) is 8.10. The molecule has 0 aromatic heterocycles. The third-order valence-corrected chi connectivity index (χ3v) is 2.66. The maximum atomic E-state index is 2.24. The number of fused-ring (bicyclic) bond motifs is 1. The largest absolute Gasteiger partial charge is 0.315 e.